The number of ether oxygens (including phenoxy) is 1. The Hall–Kier alpha value is -2.81. The minimum Gasteiger partial charge on any atom is -0.450 e. The topological polar surface area (TPSA) is 91.2 Å². The van der Waals surface area contributed by atoms with Crippen molar-refractivity contribution in [3.8, 4) is 6.07 Å². The summed E-state index contributed by atoms with van der Waals surface area (Å²) < 4.78 is 4.58. The van der Waals surface area contributed by atoms with Crippen molar-refractivity contribution < 1.29 is 14.3 Å². The second kappa shape index (κ2) is 7.27. The molecule has 1 aliphatic carbocycles. The molecule has 2 rings (SSSR count). The van der Waals surface area contributed by atoms with Crippen LogP contribution < -0.4 is 10.6 Å². The molecular weight excluding hydrogens is 282 g/mol. The molecule has 2 N–H and O–H groups in total. The first kappa shape index (κ1) is 15.6. The van der Waals surface area contributed by atoms with Gasteiger partial charge < -0.3 is 10.1 Å². The number of hydrogen-bond donors (Lipinski definition) is 2. The minimum atomic E-state index is -0.873. The highest BCUT2D eigenvalue weighted by Crippen LogP contribution is 2.40. The largest absolute Gasteiger partial charge is 0.450 e. The fraction of sp³-hybridized carbons (Fsp3) is 0.312. The Kier molecular flexibility index (Phi) is 5.15. The van der Waals surface area contributed by atoms with Gasteiger partial charge in [0.05, 0.1) is 6.61 Å². The third-order valence-corrected chi connectivity index (χ3v) is 3.20. The Morgan fingerprint density at radius 1 is 1.36 bits per heavy atom. The molecule has 1 aromatic carbocycles. The van der Waals surface area contributed by atoms with Crippen LogP contribution in [0.2, 0.25) is 0 Å². The number of nitrogens with zero attached hydrogens (tertiary/aromatic N) is 1. The first-order valence-corrected chi connectivity index (χ1v) is 7.09. The number of nitriles is 1. The van der Waals surface area contributed by atoms with E-state index in [9.17, 15) is 9.59 Å². The summed E-state index contributed by atoms with van der Waals surface area (Å²) in [5, 5.41) is 13.8. The van der Waals surface area contributed by atoms with Gasteiger partial charge in [0.2, 0.25) is 0 Å². The van der Waals surface area contributed by atoms with E-state index >= 15 is 0 Å². The molecule has 0 unspecified atom stereocenters. The van der Waals surface area contributed by atoms with E-state index in [0.29, 0.717) is 5.92 Å². The molecule has 114 valence electrons. The molecule has 0 aromatic heterocycles. The second-order valence-corrected chi connectivity index (χ2v) is 4.89. The van der Waals surface area contributed by atoms with Crippen LogP contribution in [-0.2, 0) is 9.53 Å². The van der Waals surface area contributed by atoms with Crippen molar-refractivity contribution in [2.24, 2.45) is 0 Å². The molecular formula is C16H17N3O3. The quantitative estimate of drug-likeness (QED) is 0.644. The van der Waals surface area contributed by atoms with Gasteiger partial charge in [-0.15, -0.1) is 0 Å². The molecule has 0 atom stereocenters. The lowest BCUT2D eigenvalue weighted by molar-refractivity contribution is -0.116. The van der Waals surface area contributed by atoms with Crippen molar-refractivity contribution in [1.29, 1.82) is 5.26 Å². The molecule has 22 heavy (non-hydrogen) atoms. The number of amides is 2. The van der Waals surface area contributed by atoms with Gasteiger partial charge in [-0.25, -0.2) is 4.79 Å². The maximum atomic E-state index is 11.7. The van der Waals surface area contributed by atoms with Crippen LogP contribution in [0, 0.1) is 11.3 Å². The highest BCUT2D eigenvalue weighted by molar-refractivity contribution is 6.05. The monoisotopic (exact) mass is 299 g/mol. The van der Waals surface area contributed by atoms with E-state index < -0.39 is 12.0 Å². The van der Waals surface area contributed by atoms with Gasteiger partial charge in [-0.05, 0) is 43.4 Å². The zero-order chi connectivity index (χ0) is 15.9. The van der Waals surface area contributed by atoms with Crippen LogP contribution in [0.3, 0.4) is 0 Å². The van der Waals surface area contributed by atoms with Crippen molar-refractivity contribution in [2.75, 3.05) is 11.9 Å². The highest BCUT2D eigenvalue weighted by atomic mass is 16.5. The maximum Gasteiger partial charge on any atom is 0.414 e. The van der Waals surface area contributed by atoms with Crippen molar-refractivity contribution in [2.45, 2.75) is 25.7 Å². The number of alkyl carbamates (subject to hydrolysis) is 1. The van der Waals surface area contributed by atoms with Gasteiger partial charge in [0.25, 0.3) is 5.91 Å². The maximum absolute atomic E-state index is 11.7. The summed E-state index contributed by atoms with van der Waals surface area (Å²) in [6.07, 6.45) is 2.86. The average molecular weight is 299 g/mol. The van der Waals surface area contributed by atoms with Gasteiger partial charge in [0.1, 0.15) is 11.6 Å². The lowest BCUT2D eigenvalue weighted by atomic mass is 10.1. The van der Waals surface area contributed by atoms with Crippen molar-refractivity contribution in [3.05, 3.63) is 41.6 Å². The first-order valence-electron chi connectivity index (χ1n) is 7.09. The van der Waals surface area contributed by atoms with Crippen LogP contribution in [0.25, 0.3) is 0 Å². The molecule has 1 saturated carbocycles. The number of benzene rings is 1. The lowest BCUT2D eigenvalue weighted by Gasteiger charge is -2.05. The van der Waals surface area contributed by atoms with E-state index in [4.69, 9.17) is 5.26 Å². The lowest BCUT2D eigenvalue weighted by Crippen LogP contribution is -2.32. The van der Waals surface area contributed by atoms with Gasteiger partial charge in [-0.3, -0.25) is 10.1 Å². The van der Waals surface area contributed by atoms with Crippen LogP contribution in [0.4, 0.5) is 10.5 Å². The normalized spacial score (nSPS) is 13.9. The average Bonchev–Trinajstić information content (AvgIpc) is 3.33. The third-order valence-electron chi connectivity index (χ3n) is 3.20. The predicted molar refractivity (Wildman–Crippen MR) is 80.9 cm³/mol. The molecule has 1 fully saturated rings. The number of carbonyl (C=O) groups excluding carboxylic acids is 2. The fourth-order valence-corrected chi connectivity index (χ4v) is 1.90. The zero-order valence-electron chi connectivity index (χ0n) is 12.3. The van der Waals surface area contributed by atoms with Gasteiger partial charge in [0.15, 0.2) is 0 Å². The summed E-state index contributed by atoms with van der Waals surface area (Å²) in [7, 11) is 0. The van der Waals surface area contributed by atoms with Crippen LogP contribution in [-0.4, -0.2) is 18.6 Å². The van der Waals surface area contributed by atoms with Gasteiger partial charge >= 0.3 is 6.09 Å². The van der Waals surface area contributed by atoms with E-state index in [-0.39, 0.29) is 12.2 Å². The molecule has 0 saturated heterocycles. The Labute approximate surface area is 128 Å². The van der Waals surface area contributed by atoms with Crippen LogP contribution in [0.1, 0.15) is 31.2 Å². The zero-order valence-corrected chi connectivity index (χ0v) is 12.3. The number of anilines is 1. The molecule has 0 aliphatic heterocycles. The molecule has 6 nitrogen and oxygen atoms in total. The second-order valence-electron chi connectivity index (χ2n) is 4.89. The smallest absolute Gasteiger partial charge is 0.414 e. The summed E-state index contributed by atoms with van der Waals surface area (Å²) in [5.74, 6) is -0.127. The molecule has 1 aromatic rings. The molecule has 6 heteroatoms. The summed E-state index contributed by atoms with van der Waals surface area (Å²) in [6.45, 7) is 1.77. The van der Waals surface area contributed by atoms with Crippen LogP contribution in [0.15, 0.2) is 36.0 Å². The predicted octanol–water partition coefficient (Wildman–Crippen LogP) is 2.66. The van der Waals surface area contributed by atoms with Crippen molar-refractivity contribution >= 4 is 17.7 Å². The Balaban J connectivity index is 1.95. The summed E-state index contributed by atoms with van der Waals surface area (Å²) in [4.78, 5) is 22.8. The Morgan fingerprint density at radius 3 is 2.59 bits per heavy atom. The molecule has 0 radical (unpaired) electrons. The van der Waals surface area contributed by atoms with E-state index in [0.717, 1.165) is 5.69 Å². The number of hydrogen-bond acceptors (Lipinski definition) is 5. The molecule has 0 bridgehead atoms. The first-order chi connectivity index (χ1) is 10.6. The van der Waals surface area contributed by atoms with E-state index in [1.54, 1.807) is 13.0 Å². The number of rotatable bonds is 5. The fourth-order valence-electron chi connectivity index (χ4n) is 1.90. The molecule has 0 heterocycles. The van der Waals surface area contributed by atoms with Gasteiger partial charge in [-0.2, -0.15) is 5.26 Å². The Bertz CT molecular complexity index is 625. The highest BCUT2D eigenvalue weighted by Gasteiger charge is 2.22. The van der Waals surface area contributed by atoms with E-state index in [1.807, 2.05) is 29.6 Å². The number of nitrogens with one attached hydrogen (secondary N) is 2. The number of carbonyl (C=O) groups is 2. The van der Waals surface area contributed by atoms with Gasteiger partial charge in [0, 0.05) is 11.9 Å². The third kappa shape index (κ3) is 4.35. The Morgan fingerprint density at radius 2 is 2.05 bits per heavy atom. The van der Waals surface area contributed by atoms with Crippen molar-refractivity contribution in [3.63, 3.8) is 0 Å². The molecule has 2 amide bonds. The molecule has 0 spiro atoms. The molecule has 1 aliphatic rings. The summed E-state index contributed by atoms with van der Waals surface area (Å²) in [5.41, 5.74) is 1.86. The van der Waals surface area contributed by atoms with Crippen molar-refractivity contribution in [1.82, 2.24) is 5.32 Å². The SMILES string of the molecule is CCOC(=O)NC(=O)/C(C#N)=C\Nc1ccc(C2CC2)cc1. The van der Waals surface area contributed by atoms with Gasteiger partial charge in [-0.1, -0.05) is 12.1 Å². The van der Waals surface area contributed by atoms with E-state index in [1.165, 1.54) is 24.6 Å². The summed E-state index contributed by atoms with van der Waals surface area (Å²) in [6, 6.07) is 9.57. The number of imide groups is 1. The van der Waals surface area contributed by atoms with Crippen LogP contribution in [0.5, 0.6) is 0 Å². The van der Waals surface area contributed by atoms with E-state index in [2.05, 4.69) is 10.1 Å². The standard InChI is InChI=1S/C16H17N3O3/c1-2-22-16(21)19-15(20)13(9-17)10-18-14-7-5-12(6-8-14)11-3-4-11/h5-8,10-11,18H,2-4H2,1H3,(H,19,20,21)/b13-10-. The summed E-state index contributed by atoms with van der Waals surface area (Å²) >= 11 is 0. The van der Waals surface area contributed by atoms with Crippen LogP contribution >= 0.6 is 0 Å². The minimum absolute atomic E-state index is 0.149.